The van der Waals surface area contributed by atoms with Crippen LogP contribution in [0.3, 0.4) is 0 Å². The van der Waals surface area contributed by atoms with Gasteiger partial charge in [0.05, 0.1) is 6.04 Å². The first-order valence-corrected chi connectivity index (χ1v) is 11.6. The Morgan fingerprint density at radius 3 is 2.50 bits per heavy atom. The number of nitrogens with zero attached hydrogens (tertiary/aromatic N) is 2. The summed E-state index contributed by atoms with van der Waals surface area (Å²) in [6.45, 7) is 10.8. The number of rotatable bonds is 6. The average molecular weight is 401 g/mol. The number of allylic oxidation sites excluding steroid dienone is 5. The maximum absolute atomic E-state index is 13.2. The van der Waals surface area contributed by atoms with Gasteiger partial charge in [-0.05, 0) is 85.8 Å². The van der Waals surface area contributed by atoms with E-state index in [2.05, 4.69) is 73.8 Å². The summed E-state index contributed by atoms with van der Waals surface area (Å²) < 4.78 is 0. The van der Waals surface area contributed by atoms with Gasteiger partial charge in [-0.1, -0.05) is 55.1 Å². The number of amides is 1. The van der Waals surface area contributed by atoms with Gasteiger partial charge in [-0.15, -0.1) is 0 Å². The smallest absolute Gasteiger partial charge is 0.258 e. The standard InChI is InChI=1S/C27H32N2O/c1-5-7-10-17(6-2)21-12-9-8-11-18(21)16-28-26(3,4)25(30)29(28)24-22-14-19-13-20-15-23(24)27(19,20)22/h5-12,19-20,22-24H,1,13-16H2,2-4H3/b10-7-,17-6+. The largest absolute Gasteiger partial charge is 0.271 e. The van der Waals surface area contributed by atoms with Crippen molar-refractivity contribution in [2.45, 2.75) is 58.2 Å². The average Bonchev–Trinajstić information content (AvgIpc) is 2.69. The second-order valence-corrected chi connectivity index (χ2v) is 10.6. The summed E-state index contributed by atoms with van der Waals surface area (Å²) in [7, 11) is 0. The van der Waals surface area contributed by atoms with Crippen LogP contribution in [0.2, 0.25) is 0 Å². The van der Waals surface area contributed by atoms with Crippen LogP contribution in [-0.2, 0) is 11.3 Å². The molecule has 4 unspecified atom stereocenters. The minimum absolute atomic E-state index is 0.323. The van der Waals surface area contributed by atoms with Crippen LogP contribution in [0.15, 0.2) is 55.1 Å². The molecule has 30 heavy (non-hydrogen) atoms. The maximum atomic E-state index is 13.2. The van der Waals surface area contributed by atoms with E-state index in [0.29, 0.717) is 17.4 Å². The van der Waals surface area contributed by atoms with Gasteiger partial charge in [0.15, 0.2) is 0 Å². The van der Waals surface area contributed by atoms with Gasteiger partial charge in [-0.25, -0.2) is 0 Å². The van der Waals surface area contributed by atoms with E-state index in [9.17, 15) is 4.79 Å². The number of benzene rings is 1. The molecule has 5 fully saturated rings. The van der Waals surface area contributed by atoms with E-state index >= 15 is 0 Å². The Labute approximate surface area is 180 Å². The number of carbonyl (C=O) groups is 1. The number of hydrazine groups is 1. The number of carbonyl (C=O) groups excluding carboxylic acids is 1. The Morgan fingerprint density at radius 1 is 1.17 bits per heavy atom. The summed E-state index contributed by atoms with van der Waals surface area (Å²) in [5.74, 6) is 3.87. The summed E-state index contributed by atoms with van der Waals surface area (Å²) in [6, 6.07) is 9.08. The van der Waals surface area contributed by atoms with Crippen molar-refractivity contribution in [1.82, 2.24) is 10.0 Å². The van der Waals surface area contributed by atoms with Gasteiger partial charge in [-0.3, -0.25) is 9.80 Å². The van der Waals surface area contributed by atoms with E-state index in [0.717, 1.165) is 30.2 Å². The molecule has 4 saturated carbocycles. The van der Waals surface area contributed by atoms with Gasteiger partial charge in [0, 0.05) is 6.54 Å². The fourth-order valence-corrected chi connectivity index (χ4v) is 7.99. The topological polar surface area (TPSA) is 23.6 Å². The van der Waals surface area contributed by atoms with Gasteiger partial charge in [0.1, 0.15) is 5.54 Å². The van der Waals surface area contributed by atoms with Crippen LogP contribution in [0, 0.1) is 29.1 Å². The Balaban J connectivity index is 1.28. The van der Waals surface area contributed by atoms with Crippen LogP contribution in [0.4, 0.5) is 0 Å². The van der Waals surface area contributed by atoms with Gasteiger partial charge in [-0.2, -0.15) is 5.01 Å². The molecule has 1 aliphatic heterocycles. The molecule has 1 amide bonds. The quantitative estimate of drug-likeness (QED) is 0.612. The third-order valence-electron chi connectivity index (χ3n) is 9.46. The van der Waals surface area contributed by atoms with Crippen LogP contribution in [-0.4, -0.2) is 27.5 Å². The molecule has 0 bridgehead atoms. The highest BCUT2D eigenvalue weighted by Gasteiger charge is 2.86. The normalized spacial score (nSPS) is 40.4. The number of hydrogen-bond donors (Lipinski definition) is 0. The fourth-order valence-electron chi connectivity index (χ4n) is 7.99. The van der Waals surface area contributed by atoms with Crippen molar-refractivity contribution >= 4 is 11.5 Å². The first-order valence-electron chi connectivity index (χ1n) is 11.6. The van der Waals surface area contributed by atoms with E-state index < -0.39 is 5.54 Å². The molecule has 5 aliphatic rings. The zero-order chi connectivity index (χ0) is 20.8. The van der Waals surface area contributed by atoms with Gasteiger partial charge in [0.2, 0.25) is 0 Å². The van der Waals surface area contributed by atoms with Crippen LogP contribution in [0.25, 0.3) is 5.57 Å². The summed E-state index contributed by atoms with van der Waals surface area (Å²) in [5.41, 5.74) is 3.98. The van der Waals surface area contributed by atoms with Crippen molar-refractivity contribution in [3.05, 3.63) is 66.3 Å². The van der Waals surface area contributed by atoms with Crippen molar-refractivity contribution in [3.8, 4) is 0 Å². The molecule has 4 aliphatic carbocycles. The molecule has 156 valence electrons. The molecule has 3 nitrogen and oxygen atoms in total. The SMILES string of the molecule is C=C/C=C\C(=C/C)c1ccccc1CN1N(C2C3CC4CC5CC2C453)C(=O)C1(C)C. The van der Waals surface area contributed by atoms with Crippen molar-refractivity contribution in [2.75, 3.05) is 0 Å². The molecule has 6 rings (SSSR count). The van der Waals surface area contributed by atoms with E-state index in [1.54, 1.807) is 0 Å². The lowest BCUT2D eigenvalue weighted by molar-refractivity contribution is -0.426. The van der Waals surface area contributed by atoms with Gasteiger partial charge >= 0.3 is 0 Å². The Kier molecular flexibility index (Phi) is 3.71. The molecule has 1 aromatic carbocycles. The molecule has 0 aromatic heterocycles. The molecule has 1 saturated heterocycles. The van der Waals surface area contributed by atoms with Crippen molar-refractivity contribution in [2.24, 2.45) is 29.1 Å². The Bertz CT molecular complexity index is 980. The number of hydrogen-bond acceptors (Lipinski definition) is 2. The lowest BCUT2D eigenvalue weighted by atomic mass is 9.17. The Morgan fingerprint density at radius 2 is 1.87 bits per heavy atom. The summed E-state index contributed by atoms with van der Waals surface area (Å²) >= 11 is 0. The first kappa shape index (κ1) is 18.6. The lowest BCUT2D eigenvalue weighted by Gasteiger charge is -2.90. The molecule has 4 atom stereocenters. The Hall–Kier alpha value is -2.13. The maximum Gasteiger partial charge on any atom is 0.258 e. The van der Waals surface area contributed by atoms with Crippen LogP contribution >= 0.6 is 0 Å². The first-order chi connectivity index (χ1) is 14.5. The van der Waals surface area contributed by atoms with Gasteiger partial charge in [0.25, 0.3) is 5.91 Å². The van der Waals surface area contributed by atoms with E-state index in [4.69, 9.17) is 0 Å². The molecule has 0 N–H and O–H groups in total. The second-order valence-electron chi connectivity index (χ2n) is 10.6. The molecule has 1 heterocycles. The third kappa shape index (κ3) is 1.94. The zero-order valence-electron chi connectivity index (χ0n) is 18.3. The summed E-state index contributed by atoms with van der Waals surface area (Å²) in [4.78, 5) is 13.2. The molecular formula is C27H32N2O. The highest BCUT2D eigenvalue weighted by Crippen LogP contribution is 2.88. The fraction of sp³-hybridized carbons (Fsp3) is 0.519. The van der Waals surface area contributed by atoms with Crippen molar-refractivity contribution < 1.29 is 4.79 Å². The zero-order valence-corrected chi connectivity index (χ0v) is 18.3. The molecule has 1 aromatic rings. The van der Waals surface area contributed by atoms with Crippen molar-refractivity contribution in [3.63, 3.8) is 0 Å². The predicted molar refractivity (Wildman–Crippen MR) is 120 cm³/mol. The van der Waals surface area contributed by atoms with Crippen LogP contribution < -0.4 is 0 Å². The predicted octanol–water partition coefficient (Wildman–Crippen LogP) is 5.21. The molecule has 1 spiro atoms. The summed E-state index contributed by atoms with van der Waals surface area (Å²) in [6.07, 6.45) is 12.3. The van der Waals surface area contributed by atoms with Gasteiger partial charge < -0.3 is 0 Å². The van der Waals surface area contributed by atoms with Crippen LogP contribution in [0.1, 0.15) is 51.2 Å². The second kappa shape index (κ2) is 5.97. The van der Waals surface area contributed by atoms with E-state index in [1.807, 2.05) is 12.2 Å². The van der Waals surface area contributed by atoms with E-state index in [1.165, 1.54) is 36.0 Å². The highest BCUT2D eigenvalue weighted by molar-refractivity contribution is 5.91. The highest BCUT2D eigenvalue weighted by atomic mass is 16.2. The molecule has 3 heteroatoms. The molecular weight excluding hydrogens is 368 g/mol. The van der Waals surface area contributed by atoms with Crippen LogP contribution in [0.5, 0.6) is 0 Å². The summed E-state index contributed by atoms with van der Waals surface area (Å²) in [5, 5.41) is 4.56. The third-order valence-corrected chi connectivity index (χ3v) is 9.46. The minimum atomic E-state index is -0.422. The monoisotopic (exact) mass is 400 g/mol. The minimum Gasteiger partial charge on any atom is -0.271 e. The molecule has 0 radical (unpaired) electrons. The van der Waals surface area contributed by atoms with Crippen molar-refractivity contribution in [1.29, 1.82) is 0 Å². The van der Waals surface area contributed by atoms with E-state index in [-0.39, 0.29) is 0 Å². The lowest BCUT2D eigenvalue weighted by Crippen LogP contribution is -2.92.